The highest BCUT2D eigenvalue weighted by molar-refractivity contribution is 7.84. The molecule has 1 atom stereocenters. The molecule has 0 fully saturated rings. The summed E-state index contributed by atoms with van der Waals surface area (Å²) in [5.41, 5.74) is 8.07. The van der Waals surface area contributed by atoms with Crippen LogP contribution in [0.5, 0.6) is 0 Å². The predicted molar refractivity (Wildman–Crippen MR) is 83.3 cm³/mol. The molecular formula is C14H18ClN3OS. The number of aryl methyl sites for hydroxylation is 2. The third kappa shape index (κ3) is 2.88. The van der Waals surface area contributed by atoms with Crippen LogP contribution in [0.25, 0.3) is 0 Å². The van der Waals surface area contributed by atoms with Crippen LogP contribution in [0.15, 0.2) is 29.2 Å². The van der Waals surface area contributed by atoms with Crippen LogP contribution in [0, 0.1) is 0 Å². The molecule has 2 N–H and O–H groups in total. The normalized spacial score (nSPS) is 12.6. The van der Waals surface area contributed by atoms with Gasteiger partial charge in [0.05, 0.1) is 37.9 Å². The number of halogens is 1. The monoisotopic (exact) mass is 311 g/mol. The van der Waals surface area contributed by atoms with E-state index in [1.54, 1.807) is 12.1 Å². The zero-order valence-corrected chi connectivity index (χ0v) is 13.2. The van der Waals surface area contributed by atoms with Crippen molar-refractivity contribution in [3.05, 3.63) is 40.7 Å². The lowest BCUT2D eigenvalue weighted by molar-refractivity contribution is 0.623. The Morgan fingerprint density at radius 2 is 2.05 bits per heavy atom. The fraction of sp³-hybridized carbons (Fsp3) is 0.357. The van der Waals surface area contributed by atoms with Crippen LogP contribution in [0.3, 0.4) is 0 Å². The van der Waals surface area contributed by atoms with Crippen molar-refractivity contribution in [3.63, 3.8) is 0 Å². The smallest absolute Gasteiger partial charge is 0.0859 e. The lowest BCUT2D eigenvalue weighted by Gasteiger charge is -2.07. The van der Waals surface area contributed by atoms with Crippen LogP contribution in [-0.4, -0.2) is 14.0 Å². The van der Waals surface area contributed by atoms with Crippen LogP contribution in [0.4, 0.5) is 5.69 Å². The second-order valence-corrected chi connectivity index (χ2v) is 6.20. The molecule has 0 amide bonds. The maximum absolute atomic E-state index is 12.5. The van der Waals surface area contributed by atoms with Crippen molar-refractivity contribution in [3.8, 4) is 0 Å². The van der Waals surface area contributed by atoms with Crippen LogP contribution in [-0.2, 0) is 29.5 Å². The largest absolute Gasteiger partial charge is 0.398 e. The number of nitrogens with zero attached hydrogens (tertiary/aromatic N) is 2. The van der Waals surface area contributed by atoms with Crippen LogP contribution < -0.4 is 5.73 Å². The first-order valence-electron chi connectivity index (χ1n) is 6.55. The number of hydrogen-bond donors (Lipinski definition) is 1. The summed E-state index contributed by atoms with van der Waals surface area (Å²) in [7, 11) is -1.23. The Labute approximate surface area is 126 Å². The lowest BCUT2D eigenvalue weighted by Crippen LogP contribution is -2.07. The van der Waals surface area contributed by atoms with Crippen molar-refractivity contribution >= 4 is 28.1 Å². The van der Waals surface area contributed by atoms with Gasteiger partial charge in [-0.25, -0.2) is 0 Å². The third-order valence-corrected chi connectivity index (χ3v) is 4.96. The van der Waals surface area contributed by atoms with E-state index in [9.17, 15) is 4.21 Å². The van der Waals surface area contributed by atoms with Gasteiger partial charge >= 0.3 is 0 Å². The second-order valence-electron chi connectivity index (χ2n) is 4.40. The lowest BCUT2D eigenvalue weighted by atomic mass is 10.3. The average molecular weight is 312 g/mol. The molecule has 0 aliphatic rings. The topological polar surface area (TPSA) is 60.9 Å². The molecule has 1 unspecified atom stereocenters. The van der Waals surface area contributed by atoms with E-state index in [-0.39, 0.29) is 0 Å². The minimum atomic E-state index is -1.23. The van der Waals surface area contributed by atoms with Gasteiger partial charge in [0.2, 0.25) is 0 Å². The van der Waals surface area contributed by atoms with E-state index in [4.69, 9.17) is 17.3 Å². The number of aromatic nitrogens is 2. The highest BCUT2D eigenvalue weighted by atomic mass is 35.5. The van der Waals surface area contributed by atoms with E-state index in [0.29, 0.717) is 27.9 Å². The molecular weight excluding hydrogens is 294 g/mol. The van der Waals surface area contributed by atoms with Gasteiger partial charge in [0, 0.05) is 12.2 Å². The Bertz CT molecular complexity index is 639. The molecule has 0 radical (unpaired) electrons. The molecule has 0 aliphatic carbocycles. The SMILES string of the molecule is CCc1nn(CC)c(CS(=O)c2ccccc2N)c1Cl. The average Bonchev–Trinajstić information content (AvgIpc) is 2.75. The van der Waals surface area contributed by atoms with E-state index < -0.39 is 10.8 Å². The van der Waals surface area contributed by atoms with Gasteiger partial charge in [-0.15, -0.1) is 0 Å². The molecule has 0 aliphatic heterocycles. The molecule has 4 nitrogen and oxygen atoms in total. The summed E-state index contributed by atoms with van der Waals surface area (Å²) in [5.74, 6) is 0.327. The molecule has 20 heavy (non-hydrogen) atoms. The summed E-state index contributed by atoms with van der Waals surface area (Å²) in [4.78, 5) is 0.644. The zero-order valence-electron chi connectivity index (χ0n) is 11.6. The first-order valence-corrected chi connectivity index (χ1v) is 8.25. The maximum atomic E-state index is 12.5. The van der Waals surface area contributed by atoms with E-state index in [1.807, 2.05) is 30.7 Å². The van der Waals surface area contributed by atoms with Gasteiger partial charge in [-0.05, 0) is 25.5 Å². The van der Waals surface area contributed by atoms with Gasteiger partial charge in [0.1, 0.15) is 0 Å². The number of rotatable bonds is 5. The zero-order chi connectivity index (χ0) is 14.7. The number of benzene rings is 1. The summed E-state index contributed by atoms with van der Waals surface area (Å²) in [6.07, 6.45) is 0.763. The summed E-state index contributed by atoms with van der Waals surface area (Å²) in [6.45, 7) is 4.70. The maximum Gasteiger partial charge on any atom is 0.0859 e. The van der Waals surface area contributed by atoms with Crippen molar-refractivity contribution in [1.29, 1.82) is 0 Å². The fourth-order valence-corrected chi connectivity index (χ4v) is 3.72. The summed E-state index contributed by atoms with van der Waals surface area (Å²) >= 11 is 6.33. The minimum Gasteiger partial charge on any atom is -0.398 e. The molecule has 0 saturated carbocycles. The molecule has 0 bridgehead atoms. The first kappa shape index (κ1) is 15.1. The van der Waals surface area contributed by atoms with Crippen molar-refractivity contribution in [2.75, 3.05) is 5.73 Å². The van der Waals surface area contributed by atoms with Crippen LogP contribution in [0.1, 0.15) is 25.2 Å². The van der Waals surface area contributed by atoms with Gasteiger partial charge in [0.25, 0.3) is 0 Å². The third-order valence-electron chi connectivity index (χ3n) is 3.13. The van der Waals surface area contributed by atoms with E-state index in [0.717, 1.165) is 17.8 Å². The Balaban J connectivity index is 2.33. The molecule has 2 rings (SSSR count). The predicted octanol–water partition coefficient (Wildman–Crippen LogP) is 3.01. The Kier molecular flexibility index (Phi) is 4.83. The standard InChI is InChI=1S/C14H18ClN3OS/c1-3-11-14(15)12(18(4-2)17-11)9-20(19)13-8-6-5-7-10(13)16/h5-8H,3-4,9,16H2,1-2H3. The van der Waals surface area contributed by atoms with Gasteiger partial charge < -0.3 is 5.73 Å². The quantitative estimate of drug-likeness (QED) is 0.863. The van der Waals surface area contributed by atoms with Crippen molar-refractivity contribution < 1.29 is 4.21 Å². The van der Waals surface area contributed by atoms with Crippen molar-refractivity contribution in [2.45, 2.75) is 37.5 Å². The van der Waals surface area contributed by atoms with Crippen molar-refractivity contribution in [2.24, 2.45) is 0 Å². The highest BCUT2D eigenvalue weighted by Gasteiger charge is 2.18. The molecule has 6 heteroatoms. The molecule has 1 aromatic carbocycles. The van der Waals surface area contributed by atoms with E-state index >= 15 is 0 Å². The van der Waals surface area contributed by atoms with Crippen LogP contribution in [0.2, 0.25) is 5.02 Å². The Morgan fingerprint density at radius 1 is 1.35 bits per heavy atom. The molecule has 108 valence electrons. The second kappa shape index (κ2) is 6.41. The number of anilines is 1. The number of nitrogens with two attached hydrogens (primary N) is 1. The molecule has 1 aromatic heterocycles. The first-order chi connectivity index (χ1) is 9.58. The number of nitrogen functional groups attached to an aromatic ring is 1. The number of para-hydroxylation sites is 1. The number of hydrogen-bond acceptors (Lipinski definition) is 3. The molecule has 1 heterocycles. The fourth-order valence-electron chi connectivity index (χ4n) is 2.04. The molecule has 0 spiro atoms. The Morgan fingerprint density at radius 3 is 2.65 bits per heavy atom. The van der Waals surface area contributed by atoms with E-state index in [1.165, 1.54) is 0 Å². The van der Waals surface area contributed by atoms with Gasteiger partial charge in [-0.1, -0.05) is 30.7 Å². The molecule has 0 saturated heterocycles. The van der Waals surface area contributed by atoms with Crippen molar-refractivity contribution in [1.82, 2.24) is 9.78 Å². The molecule has 2 aromatic rings. The Hall–Kier alpha value is -1.33. The van der Waals surface area contributed by atoms with E-state index in [2.05, 4.69) is 5.10 Å². The highest BCUT2D eigenvalue weighted by Crippen LogP contribution is 2.26. The van der Waals surface area contributed by atoms with Gasteiger partial charge in [-0.3, -0.25) is 8.89 Å². The summed E-state index contributed by atoms with van der Waals surface area (Å²) < 4.78 is 14.3. The minimum absolute atomic E-state index is 0.327. The summed E-state index contributed by atoms with van der Waals surface area (Å²) in [5, 5.41) is 5.06. The summed E-state index contributed by atoms with van der Waals surface area (Å²) in [6, 6.07) is 7.20. The van der Waals surface area contributed by atoms with Gasteiger partial charge in [0.15, 0.2) is 0 Å². The van der Waals surface area contributed by atoms with Crippen LogP contribution >= 0.6 is 11.6 Å². The van der Waals surface area contributed by atoms with Gasteiger partial charge in [-0.2, -0.15) is 5.10 Å².